The SMILES string of the molecule is O=C(NCc1nc2ccccc2[nH]1)Nc1nc2ccc(O)cc2s1. The van der Waals surface area contributed by atoms with Gasteiger partial charge in [-0.25, -0.2) is 14.8 Å². The second-order valence-corrected chi connectivity index (χ2v) is 6.21. The van der Waals surface area contributed by atoms with Crippen LogP contribution in [0.4, 0.5) is 9.93 Å². The van der Waals surface area contributed by atoms with E-state index in [2.05, 4.69) is 25.6 Å². The van der Waals surface area contributed by atoms with E-state index >= 15 is 0 Å². The predicted molar refractivity (Wildman–Crippen MR) is 93.2 cm³/mol. The van der Waals surface area contributed by atoms with E-state index in [1.165, 1.54) is 11.3 Å². The zero-order valence-electron chi connectivity index (χ0n) is 12.4. The Balaban J connectivity index is 1.42. The van der Waals surface area contributed by atoms with Gasteiger partial charge in [-0.05, 0) is 30.3 Å². The van der Waals surface area contributed by atoms with Crippen molar-refractivity contribution in [3.8, 4) is 5.75 Å². The molecule has 0 aliphatic rings. The Morgan fingerprint density at radius 3 is 2.92 bits per heavy atom. The molecule has 0 radical (unpaired) electrons. The first-order valence-electron chi connectivity index (χ1n) is 7.25. The first-order valence-corrected chi connectivity index (χ1v) is 8.07. The molecule has 2 aromatic heterocycles. The van der Waals surface area contributed by atoms with Crippen LogP contribution in [0, 0.1) is 0 Å². The van der Waals surface area contributed by atoms with Crippen LogP contribution in [-0.2, 0) is 6.54 Å². The molecule has 0 aliphatic carbocycles. The van der Waals surface area contributed by atoms with E-state index in [9.17, 15) is 9.90 Å². The number of benzene rings is 2. The Morgan fingerprint density at radius 2 is 2.04 bits per heavy atom. The van der Waals surface area contributed by atoms with Gasteiger partial charge in [0.25, 0.3) is 0 Å². The molecule has 0 bridgehead atoms. The summed E-state index contributed by atoms with van der Waals surface area (Å²) in [6.07, 6.45) is 0. The Kier molecular flexibility index (Phi) is 3.51. The van der Waals surface area contributed by atoms with Crippen LogP contribution < -0.4 is 10.6 Å². The normalized spacial score (nSPS) is 11.0. The molecule has 0 saturated heterocycles. The number of phenols is 1. The molecule has 0 spiro atoms. The van der Waals surface area contributed by atoms with Crippen LogP contribution in [0.25, 0.3) is 21.3 Å². The molecule has 2 amide bonds. The lowest BCUT2D eigenvalue weighted by atomic mass is 10.3. The molecule has 2 heterocycles. The number of aromatic amines is 1. The quantitative estimate of drug-likeness (QED) is 0.460. The monoisotopic (exact) mass is 339 g/mol. The van der Waals surface area contributed by atoms with E-state index in [-0.39, 0.29) is 18.3 Å². The largest absolute Gasteiger partial charge is 0.508 e. The number of urea groups is 1. The molecule has 8 heteroatoms. The maximum absolute atomic E-state index is 12.0. The van der Waals surface area contributed by atoms with Gasteiger partial charge in [0.1, 0.15) is 11.6 Å². The number of carbonyl (C=O) groups is 1. The van der Waals surface area contributed by atoms with Gasteiger partial charge in [-0.15, -0.1) is 0 Å². The van der Waals surface area contributed by atoms with E-state index in [1.807, 2.05) is 24.3 Å². The fourth-order valence-electron chi connectivity index (χ4n) is 2.36. The number of para-hydroxylation sites is 2. The summed E-state index contributed by atoms with van der Waals surface area (Å²) in [6, 6.07) is 12.2. The molecular weight excluding hydrogens is 326 g/mol. The molecule has 120 valence electrons. The molecule has 0 atom stereocenters. The Hall–Kier alpha value is -3.13. The van der Waals surface area contributed by atoms with Gasteiger partial charge >= 0.3 is 6.03 Å². The third-order valence-electron chi connectivity index (χ3n) is 3.45. The topological polar surface area (TPSA) is 103 Å². The van der Waals surface area contributed by atoms with Crippen LogP contribution in [0.5, 0.6) is 5.75 Å². The smallest absolute Gasteiger partial charge is 0.321 e. The molecule has 0 unspecified atom stereocenters. The minimum atomic E-state index is -0.362. The highest BCUT2D eigenvalue weighted by Gasteiger charge is 2.09. The molecule has 0 saturated carbocycles. The van der Waals surface area contributed by atoms with Crippen LogP contribution >= 0.6 is 11.3 Å². The Bertz CT molecular complexity index is 1010. The number of nitrogens with one attached hydrogen (secondary N) is 3. The number of amides is 2. The molecule has 2 aromatic carbocycles. The van der Waals surface area contributed by atoms with Crippen molar-refractivity contribution < 1.29 is 9.90 Å². The summed E-state index contributed by atoms with van der Waals surface area (Å²) in [5.74, 6) is 0.854. The fourth-order valence-corrected chi connectivity index (χ4v) is 3.26. The van der Waals surface area contributed by atoms with Crippen LogP contribution in [0.3, 0.4) is 0 Å². The zero-order chi connectivity index (χ0) is 16.5. The maximum Gasteiger partial charge on any atom is 0.321 e. The van der Waals surface area contributed by atoms with Gasteiger partial charge in [-0.2, -0.15) is 0 Å². The van der Waals surface area contributed by atoms with Crippen molar-refractivity contribution in [3.05, 3.63) is 48.3 Å². The number of hydrogen-bond acceptors (Lipinski definition) is 5. The highest BCUT2D eigenvalue weighted by Crippen LogP contribution is 2.28. The van der Waals surface area contributed by atoms with Crippen molar-refractivity contribution in [1.82, 2.24) is 20.3 Å². The number of thiazole rings is 1. The van der Waals surface area contributed by atoms with E-state index in [0.717, 1.165) is 21.3 Å². The van der Waals surface area contributed by atoms with Gasteiger partial charge in [-0.3, -0.25) is 5.32 Å². The lowest BCUT2D eigenvalue weighted by Crippen LogP contribution is -2.28. The summed E-state index contributed by atoms with van der Waals surface area (Å²) in [5.41, 5.74) is 2.52. The average molecular weight is 339 g/mol. The minimum absolute atomic E-state index is 0.173. The summed E-state index contributed by atoms with van der Waals surface area (Å²) < 4.78 is 0.808. The number of nitrogens with zero attached hydrogens (tertiary/aromatic N) is 2. The number of hydrogen-bond donors (Lipinski definition) is 4. The lowest BCUT2D eigenvalue weighted by molar-refractivity contribution is 0.251. The molecular formula is C16H13N5O2S. The number of H-pyrrole nitrogens is 1. The number of fused-ring (bicyclic) bond motifs is 2. The number of aromatic nitrogens is 3. The van der Waals surface area contributed by atoms with E-state index in [0.29, 0.717) is 11.0 Å². The number of aromatic hydroxyl groups is 1. The van der Waals surface area contributed by atoms with Crippen molar-refractivity contribution in [2.75, 3.05) is 5.32 Å². The molecule has 4 aromatic rings. The van der Waals surface area contributed by atoms with Gasteiger partial charge in [0.2, 0.25) is 0 Å². The van der Waals surface area contributed by atoms with Gasteiger partial charge in [0.05, 0.1) is 27.8 Å². The van der Waals surface area contributed by atoms with Crippen LogP contribution in [0.15, 0.2) is 42.5 Å². The van der Waals surface area contributed by atoms with Crippen LogP contribution in [0.1, 0.15) is 5.82 Å². The van der Waals surface area contributed by atoms with Gasteiger partial charge in [0.15, 0.2) is 5.13 Å². The van der Waals surface area contributed by atoms with Gasteiger partial charge in [-0.1, -0.05) is 23.5 Å². The summed E-state index contributed by atoms with van der Waals surface area (Å²) in [4.78, 5) is 23.8. The van der Waals surface area contributed by atoms with Crippen molar-refractivity contribution in [1.29, 1.82) is 0 Å². The average Bonchev–Trinajstić information content (AvgIpc) is 3.15. The van der Waals surface area contributed by atoms with Gasteiger partial charge < -0.3 is 15.4 Å². The highest BCUT2D eigenvalue weighted by molar-refractivity contribution is 7.22. The molecule has 0 fully saturated rings. The van der Waals surface area contributed by atoms with Crippen LogP contribution in [0.2, 0.25) is 0 Å². The standard InChI is InChI=1S/C16H13N5O2S/c22-9-5-6-12-13(7-9)24-16(20-12)21-15(23)17-8-14-18-10-3-1-2-4-11(10)19-14/h1-7,22H,8H2,(H,18,19)(H2,17,20,21,23). The second-order valence-electron chi connectivity index (χ2n) is 5.18. The number of anilines is 1. The minimum Gasteiger partial charge on any atom is -0.508 e. The van der Waals surface area contributed by atoms with E-state index in [1.54, 1.807) is 18.2 Å². The van der Waals surface area contributed by atoms with E-state index in [4.69, 9.17) is 0 Å². The predicted octanol–water partition coefficient (Wildman–Crippen LogP) is 3.20. The summed E-state index contributed by atoms with van der Waals surface area (Å²) in [7, 11) is 0. The van der Waals surface area contributed by atoms with Crippen molar-refractivity contribution in [2.45, 2.75) is 6.54 Å². The summed E-state index contributed by atoms with van der Waals surface area (Å²) in [6.45, 7) is 0.284. The van der Waals surface area contributed by atoms with E-state index < -0.39 is 0 Å². The molecule has 24 heavy (non-hydrogen) atoms. The third kappa shape index (κ3) is 2.86. The van der Waals surface area contributed by atoms with Crippen molar-refractivity contribution in [3.63, 3.8) is 0 Å². The van der Waals surface area contributed by atoms with Crippen molar-refractivity contribution >= 4 is 43.7 Å². The third-order valence-corrected chi connectivity index (χ3v) is 4.38. The Labute approximate surface area is 140 Å². The first-order chi connectivity index (χ1) is 11.7. The highest BCUT2D eigenvalue weighted by atomic mass is 32.1. The zero-order valence-corrected chi connectivity index (χ0v) is 13.2. The van der Waals surface area contributed by atoms with Crippen molar-refractivity contribution in [2.24, 2.45) is 0 Å². The lowest BCUT2D eigenvalue weighted by Gasteiger charge is -2.02. The molecule has 0 aliphatic heterocycles. The fraction of sp³-hybridized carbons (Fsp3) is 0.0625. The second kappa shape index (κ2) is 5.82. The molecule has 4 N–H and O–H groups in total. The number of phenolic OH excluding ortho intramolecular Hbond substituents is 1. The first kappa shape index (κ1) is 14.5. The Morgan fingerprint density at radius 1 is 1.17 bits per heavy atom. The number of rotatable bonds is 3. The van der Waals surface area contributed by atoms with Crippen LogP contribution in [-0.4, -0.2) is 26.1 Å². The number of imidazole rings is 1. The number of carbonyl (C=O) groups excluding carboxylic acids is 1. The maximum atomic E-state index is 12.0. The molecule has 4 rings (SSSR count). The van der Waals surface area contributed by atoms with Gasteiger partial charge in [0, 0.05) is 0 Å². The summed E-state index contributed by atoms with van der Waals surface area (Å²) in [5, 5.41) is 15.4. The molecule has 7 nitrogen and oxygen atoms in total. The summed E-state index contributed by atoms with van der Waals surface area (Å²) >= 11 is 1.30.